The second-order valence-corrected chi connectivity index (χ2v) is 6.89. The average molecular weight is 385 g/mol. The summed E-state index contributed by atoms with van der Waals surface area (Å²) in [5.41, 5.74) is 3.27. The Labute approximate surface area is 168 Å². The van der Waals surface area contributed by atoms with E-state index in [4.69, 9.17) is 14.2 Å². The lowest BCUT2D eigenvalue weighted by Gasteiger charge is -2.08. The maximum Gasteiger partial charge on any atom is 0.213 e. The summed E-state index contributed by atoms with van der Waals surface area (Å²) in [5, 5.41) is 3.11. The molecule has 1 N–H and O–H groups in total. The minimum Gasteiger partial charge on any atom is -0.475 e. The van der Waals surface area contributed by atoms with Gasteiger partial charge in [0.2, 0.25) is 5.88 Å². The molecule has 152 valence electrons. The average Bonchev–Trinajstić information content (AvgIpc) is 2.72. The highest BCUT2D eigenvalue weighted by atomic mass is 16.5. The Kier molecular flexibility index (Phi) is 10.1. The maximum atomic E-state index is 5.60. The highest BCUT2D eigenvalue weighted by Crippen LogP contribution is 2.13. The van der Waals surface area contributed by atoms with Crippen LogP contribution >= 0.6 is 0 Å². The van der Waals surface area contributed by atoms with Crippen LogP contribution in [0.4, 0.5) is 5.69 Å². The third-order valence-electron chi connectivity index (χ3n) is 4.12. The number of pyridine rings is 1. The number of benzene rings is 1. The molecule has 1 aromatic heterocycles. The molecule has 0 unspecified atom stereocenters. The van der Waals surface area contributed by atoms with Crippen LogP contribution in [0.5, 0.6) is 5.88 Å². The van der Waals surface area contributed by atoms with Crippen LogP contribution in [0.15, 0.2) is 42.6 Å². The lowest BCUT2D eigenvalue weighted by Crippen LogP contribution is -2.12. The second kappa shape index (κ2) is 12.9. The van der Waals surface area contributed by atoms with Gasteiger partial charge >= 0.3 is 0 Å². The first-order chi connectivity index (χ1) is 13.7. The Balaban J connectivity index is 1.61. The Morgan fingerprint density at radius 1 is 0.857 bits per heavy atom. The monoisotopic (exact) mass is 384 g/mol. The van der Waals surface area contributed by atoms with Crippen LogP contribution in [0.2, 0.25) is 0 Å². The molecule has 0 aliphatic rings. The molecule has 1 aromatic carbocycles. The van der Waals surface area contributed by atoms with Gasteiger partial charge in [0.1, 0.15) is 6.61 Å². The minimum atomic E-state index is 0.478. The van der Waals surface area contributed by atoms with Crippen LogP contribution in [0.25, 0.3) is 12.2 Å². The topological polar surface area (TPSA) is 52.6 Å². The van der Waals surface area contributed by atoms with Crippen molar-refractivity contribution in [1.82, 2.24) is 4.98 Å². The summed E-state index contributed by atoms with van der Waals surface area (Å²) in [6.07, 6.45) is 6.99. The summed E-state index contributed by atoms with van der Waals surface area (Å²) >= 11 is 0. The van der Waals surface area contributed by atoms with Crippen LogP contribution in [0, 0.1) is 5.92 Å². The summed E-state index contributed by atoms with van der Waals surface area (Å²) in [7, 11) is 1.91. The molecule has 0 bridgehead atoms. The predicted molar refractivity (Wildman–Crippen MR) is 116 cm³/mol. The molecular formula is C23H32N2O3. The van der Waals surface area contributed by atoms with E-state index in [0.29, 0.717) is 38.2 Å². The largest absolute Gasteiger partial charge is 0.475 e. The molecule has 5 heteroatoms. The summed E-state index contributed by atoms with van der Waals surface area (Å²) in [6, 6.07) is 12.1. The van der Waals surface area contributed by atoms with Crippen LogP contribution in [0.3, 0.4) is 0 Å². The molecule has 2 aromatic rings. The molecule has 0 aliphatic carbocycles. The zero-order chi connectivity index (χ0) is 20.0. The first kappa shape index (κ1) is 21.9. The highest BCUT2D eigenvalue weighted by molar-refractivity contribution is 5.70. The fraction of sp³-hybridized carbons (Fsp3) is 0.435. The first-order valence-corrected chi connectivity index (χ1v) is 9.87. The number of rotatable bonds is 13. The molecule has 0 spiro atoms. The molecule has 5 nitrogen and oxygen atoms in total. The number of ether oxygens (including phenoxy) is 3. The Morgan fingerprint density at radius 3 is 2.14 bits per heavy atom. The van der Waals surface area contributed by atoms with Crippen molar-refractivity contribution in [3.05, 3.63) is 53.7 Å². The second-order valence-electron chi connectivity index (χ2n) is 6.89. The summed E-state index contributed by atoms with van der Waals surface area (Å²) in [4.78, 5) is 4.33. The number of hydrogen-bond donors (Lipinski definition) is 1. The third kappa shape index (κ3) is 9.02. The normalized spacial score (nSPS) is 11.3. The van der Waals surface area contributed by atoms with Crippen LogP contribution < -0.4 is 10.1 Å². The molecule has 28 heavy (non-hydrogen) atoms. The summed E-state index contributed by atoms with van der Waals surface area (Å²) in [5.74, 6) is 1.28. The minimum absolute atomic E-state index is 0.478. The fourth-order valence-corrected chi connectivity index (χ4v) is 2.38. The van der Waals surface area contributed by atoms with Crippen molar-refractivity contribution in [2.24, 2.45) is 5.92 Å². The van der Waals surface area contributed by atoms with Crippen molar-refractivity contribution in [3.63, 3.8) is 0 Å². The Morgan fingerprint density at radius 2 is 1.50 bits per heavy atom. The van der Waals surface area contributed by atoms with Crippen LogP contribution in [-0.4, -0.2) is 45.1 Å². The number of nitrogens with zero attached hydrogens (tertiary/aromatic N) is 1. The van der Waals surface area contributed by atoms with Crippen molar-refractivity contribution in [3.8, 4) is 5.88 Å². The first-order valence-electron chi connectivity index (χ1n) is 9.87. The molecule has 0 saturated carbocycles. The number of nitrogens with one attached hydrogen (secondary N) is 1. The molecule has 0 saturated heterocycles. The number of hydrogen-bond acceptors (Lipinski definition) is 5. The van der Waals surface area contributed by atoms with Gasteiger partial charge in [0.05, 0.1) is 19.8 Å². The summed E-state index contributed by atoms with van der Waals surface area (Å²) < 4.78 is 16.6. The lowest BCUT2D eigenvalue weighted by atomic mass is 10.1. The van der Waals surface area contributed by atoms with E-state index in [9.17, 15) is 0 Å². The van der Waals surface area contributed by atoms with Crippen molar-refractivity contribution in [1.29, 1.82) is 0 Å². The van der Waals surface area contributed by atoms with E-state index >= 15 is 0 Å². The molecular weight excluding hydrogens is 352 g/mol. The predicted octanol–water partition coefficient (Wildman–Crippen LogP) is 4.75. The third-order valence-corrected chi connectivity index (χ3v) is 4.12. The van der Waals surface area contributed by atoms with Crippen LogP contribution in [-0.2, 0) is 9.47 Å². The van der Waals surface area contributed by atoms with Gasteiger partial charge in [0.25, 0.3) is 0 Å². The van der Waals surface area contributed by atoms with E-state index in [-0.39, 0.29) is 0 Å². The summed E-state index contributed by atoms with van der Waals surface area (Å²) in [6.45, 7) is 7.40. The molecule has 0 radical (unpaired) electrons. The SMILES string of the molecule is CNc1ccc(/C=C/c2ccc(OCCOCCOCCC(C)C)nc2)cc1. The van der Waals surface area contributed by atoms with Gasteiger partial charge in [-0.2, -0.15) is 0 Å². The van der Waals surface area contributed by atoms with Gasteiger partial charge in [-0.15, -0.1) is 0 Å². The van der Waals surface area contributed by atoms with Crippen molar-refractivity contribution >= 4 is 17.8 Å². The van der Waals surface area contributed by atoms with Gasteiger partial charge in [-0.25, -0.2) is 4.98 Å². The maximum absolute atomic E-state index is 5.60. The van der Waals surface area contributed by atoms with Gasteiger partial charge < -0.3 is 19.5 Å². The Hall–Kier alpha value is -2.37. The number of anilines is 1. The van der Waals surface area contributed by atoms with Gasteiger partial charge in [-0.05, 0) is 41.7 Å². The molecule has 0 amide bonds. The van der Waals surface area contributed by atoms with E-state index in [1.807, 2.05) is 25.3 Å². The Bertz CT molecular complexity index is 682. The molecule has 0 atom stereocenters. The standard InChI is InChI=1S/C23H32N2O3/c1-19(2)12-13-26-14-15-27-16-17-28-23-11-8-21(18-25-23)5-4-20-6-9-22(24-3)10-7-20/h4-11,18-19,24H,12-17H2,1-3H3/b5-4+. The molecule has 2 rings (SSSR count). The molecule has 0 aliphatic heterocycles. The lowest BCUT2D eigenvalue weighted by molar-refractivity contribution is 0.0329. The van der Waals surface area contributed by atoms with Gasteiger partial charge in [0.15, 0.2) is 0 Å². The smallest absolute Gasteiger partial charge is 0.213 e. The molecule has 1 heterocycles. The fourth-order valence-electron chi connectivity index (χ4n) is 2.38. The van der Waals surface area contributed by atoms with E-state index in [2.05, 4.69) is 54.5 Å². The highest BCUT2D eigenvalue weighted by Gasteiger charge is 1.97. The van der Waals surface area contributed by atoms with E-state index in [1.54, 1.807) is 6.20 Å². The van der Waals surface area contributed by atoms with Crippen molar-refractivity contribution < 1.29 is 14.2 Å². The number of aromatic nitrogens is 1. The van der Waals surface area contributed by atoms with Gasteiger partial charge in [0, 0.05) is 31.6 Å². The van der Waals surface area contributed by atoms with E-state index in [1.165, 1.54) is 0 Å². The zero-order valence-electron chi connectivity index (χ0n) is 17.2. The van der Waals surface area contributed by atoms with Gasteiger partial charge in [-0.1, -0.05) is 38.1 Å². The van der Waals surface area contributed by atoms with Gasteiger partial charge in [-0.3, -0.25) is 0 Å². The quantitative estimate of drug-likeness (QED) is 0.505. The zero-order valence-corrected chi connectivity index (χ0v) is 17.2. The van der Waals surface area contributed by atoms with Crippen molar-refractivity contribution in [2.45, 2.75) is 20.3 Å². The molecule has 0 fully saturated rings. The van der Waals surface area contributed by atoms with Crippen LogP contribution in [0.1, 0.15) is 31.4 Å². The van der Waals surface area contributed by atoms with E-state index < -0.39 is 0 Å². The van der Waals surface area contributed by atoms with Crippen molar-refractivity contribution in [2.75, 3.05) is 45.4 Å². The van der Waals surface area contributed by atoms with E-state index in [0.717, 1.165) is 29.8 Å².